The summed E-state index contributed by atoms with van der Waals surface area (Å²) in [6.07, 6.45) is 4.41. The molecule has 2 heterocycles. The molecule has 0 atom stereocenters. The molecular formula is C19H20BrN3OS2. The molecule has 0 saturated heterocycles. The van der Waals surface area contributed by atoms with Crippen LogP contribution in [0.15, 0.2) is 46.3 Å². The Morgan fingerprint density at radius 1 is 1.27 bits per heavy atom. The number of hydrogen-bond acceptors (Lipinski definition) is 5. The topological polar surface area (TPSA) is 36.4 Å². The number of amides is 1. The Labute approximate surface area is 169 Å². The summed E-state index contributed by atoms with van der Waals surface area (Å²) in [5.41, 5.74) is 0.917. The predicted octanol–water partition coefficient (Wildman–Crippen LogP) is 5.12. The number of halogens is 1. The van der Waals surface area contributed by atoms with Crippen molar-refractivity contribution in [3.05, 3.63) is 51.1 Å². The lowest BCUT2D eigenvalue weighted by Gasteiger charge is -2.19. The van der Waals surface area contributed by atoms with Crippen LogP contribution >= 0.6 is 38.6 Å². The van der Waals surface area contributed by atoms with Crippen LogP contribution in [-0.4, -0.2) is 43.0 Å². The molecule has 2 aromatic heterocycles. The third-order valence-electron chi connectivity index (χ3n) is 3.76. The highest BCUT2D eigenvalue weighted by Crippen LogP contribution is 2.31. The van der Waals surface area contributed by atoms with E-state index in [1.54, 1.807) is 33.6 Å². The minimum atomic E-state index is -0.0322. The van der Waals surface area contributed by atoms with E-state index in [-0.39, 0.29) is 5.91 Å². The van der Waals surface area contributed by atoms with E-state index in [2.05, 4.69) is 25.8 Å². The molecule has 0 unspecified atom stereocenters. The van der Waals surface area contributed by atoms with Crippen molar-refractivity contribution in [3.8, 4) is 0 Å². The number of fused-ring (bicyclic) bond motifs is 1. The summed E-state index contributed by atoms with van der Waals surface area (Å²) in [4.78, 5) is 22.5. The van der Waals surface area contributed by atoms with Crippen molar-refractivity contribution in [1.82, 2.24) is 9.88 Å². The molecule has 1 amide bonds. The first-order valence-electron chi connectivity index (χ1n) is 8.27. The fraction of sp³-hybridized carbons (Fsp3) is 0.263. The Morgan fingerprint density at radius 2 is 2.12 bits per heavy atom. The number of aromatic nitrogens is 1. The van der Waals surface area contributed by atoms with Crippen molar-refractivity contribution in [3.63, 3.8) is 0 Å². The van der Waals surface area contributed by atoms with Crippen LogP contribution in [0.1, 0.15) is 11.3 Å². The summed E-state index contributed by atoms with van der Waals surface area (Å²) < 4.78 is 2.09. The Bertz CT molecular complexity index is 903. The molecule has 0 radical (unpaired) electrons. The van der Waals surface area contributed by atoms with Crippen molar-refractivity contribution < 1.29 is 4.79 Å². The number of rotatable bonds is 7. The zero-order valence-electron chi connectivity index (χ0n) is 14.7. The number of carbonyl (C=O) groups is 1. The molecule has 0 aliphatic carbocycles. The fourth-order valence-electron chi connectivity index (χ4n) is 2.48. The molecule has 3 rings (SSSR count). The zero-order valence-corrected chi connectivity index (χ0v) is 17.9. The lowest BCUT2D eigenvalue weighted by atomic mass is 10.3. The Kier molecular flexibility index (Phi) is 6.58. The molecule has 3 aromatic rings. The Balaban J connectivity index is 1.84. The number of thiophene rings is 1. The molecular weight excluding hydrogens is 430 g/mol. The molecule has 1 aromatic carbocycles. The van der Waals surface area contributed by atoms with E-state index in [4.69, 9.17) is 0 Å². The van der Waals surface area contributed by atoms with Crippen molar-refractivity contribution in [1.29, 1.82) is 0 Å². The quantitative estimate of drug-likeness (QED) is 0.469. The van der Waals surface area contributed by atoms with E-state index in [0.29, 0.717) is 6.54 Å². The molecule has 7 heteroatoms. The summed E-state index contributed by atoms with van der Waals surface area (Å²) in [5, 5.41) is 2.75. The van der Waals surface area contributed by atoms with Gasteiger partial charge in [0, 0.05) is 22.0 Å². The van der Waals surface area contributed by atoms with Crippen LogP contribution in [0.25, 0.3) is 16.3 Å². The van der Waals surface area contributed by atoms with Gasteiger partial charge in [-0.25, -0.2) is 4.98 Å². The van der Waals surface area contributed by atoms with Gasteiger partial charge in [0.25, 0.3) is 5.91 Å². The number of hydrogen-bond donors (Lipinski definition) is 0. The summed E-state index contributed by atoms with van der Waals surface area (Å²) in [6.45, 7) is 1.57. The molecule has 4 nitrogen and oxygen atoms in total. The van der Waals surface area contributed by atoms with Crippen LogP contribution in [0.3, 0.4) is 0 Å². The molecule has 0 saturated carbocycles. The van der Waals surface area contributed by atoms with Gasteiger partial charge in [-0.05, 0) is 62.8 Å². The highest BCUT2D eigenvalue weighted by atomic mass is 79.9. The fourth-order valence-corrected chi connectivity index (χ4v) is 4.64. The van der Waals surface area contributed by atoms with E-state index in [0.717, 1.165) is 37.7 Å². The first-order chi connectivity index (χ1) is 12.5. The number of carbonyl (C=O) groups excluding carboxylic acids is 1. The highest BCUT2D eigenvalue weighted by molar-refractivity contribution is 9.10. The summed E-state index contributed by atoms with van der Waals surface area (Å²) in [6, 6.07) is 9.97. The number of benzene rings is 1. The smallest absolute Gasteiger partial charge is 0.252 e. The summed E-state index contributed by atoms with van der Waals surface area (Å²) >= 11 is 6.66. The largest absolute Gasteiger partial charge is 0.309 e. The second-order valence-electron chi connectivity index (χ2n) is 6.10. The van der Waals surface area contributed by atoms with Crippen LogP contribution in [0.4, 0.5) is 5.13 Å². The summed E-state index contributed by atoms with van der Waals surface area (Å²) in [7, 11) is 4.08. The second kappa shape index (κ2) is 8.90. The maximum Gasteiger partial charge on any atom is 0.252 e. The minimum Gasteiger partial charge on any atom is -0.309 e. The molecule has 0 aliphatic rings. The van der Waals surface area contributed by atoms with E-state index in [1.807, 2.05) is 55.9 Å². The van der Waals surface area contributed by atoms with Gasteiger partial charge in [-0.1, -0.05) is 33.3 Å². The average Bonchev–Trinajstić information content (AvgIpc) is 3.25. The minimum absolute atomic E-state index is 0.0322. The van der Waals surface area contributed by atoms with Crippen molar-refractivity contribution in [2.24, 2.45) is 0 Å². The van der Waals surface area contributed by atoms with Crippen LogP contribution < -0.4 is 4.90 Å². The molecule has 0 aliphatic heterocycles. The van der Waals surface area contributed by atoms with Crippen molar-refractivity contribution in [2.45, 2.75) is 6.42 Å². The van der Waals surface area contributed by atoms with Gasteiger partial charge in [-0.3, -0.25) is 9.69 Å². The van der Waals surface area contributed by atoms with Gasteiger partial charge in [-0.2, -0.15) is 0 Å². The van der Waals surface area contributed by atoms with Gasteiger partial charge in [-0.15, -0.1) is 11.3 Å². The van der Waals surface area contributed by atoms with Crippen molar-refractivity contribution in [2.75, 3.05) is 32.1 Å². The Hall–Kier alpha value is -1.54. The summed E-state index contributed by atoms with van der Waals surface area (Å²) in [5.74, 6) is -0.0322. The van der Waals surface area contributed by atoms with Crippen LogP contribution in [0.5, 0.6) is 0 Å². The number of nitrogens with zero attached hydrogens (tertiary/aromatic N) is 3. The highest BCUT2D eigenvalue weighted by Gasteiger charge is 2.18. The molecule has 26 heavy (non-hydrogen) atoms. The second-order valence-corrected chi connectivity index (χ2v) is 9.01. The monoisotopic (exact) mass is 449 g/mol. The van der Waals surface area contributed by atoms with E-state index < -0.39 is 0 Å². The number of anilines is 1. The standard InChI is InChI=1S/C19H20BrN3OS2/c1-22(2)10-4-11-23(18(24)9-7-15-5-3-12-25-15)19-21-16-8-6-14(20)13-17(16)26-19/h3,5-9,12-13H,4,10-11H2,1-2H3. The number of thiazole rings is 1. The third kappa shape index (κ3) is 5.01. The van der Waals surface area contributed by atoms with E-state index in [1.165, 1.54) is 0 Å². The van der Waals surface area contributed by atoms with Crippen LogP contribution in [0.2, 0.25) is 0 Å². The lowest BCUT2D eigenvalue weighted by molar-refractivity contribution is -0.114. The third-order valence-corrected chi connectivity index (χ3v) is 6.13. The van der Waals surface area contributed by atoms with Crippen LogP contribution in [-0.2, 0) is 4.79 Å². The lowest BCUT2D eigenvalue weighted by Crippen LogP contribution is -2.32. The normalized spacial score (nSPS) is 11.7. The first kappa shape index (κ1) is 19.2. The van der Waals surface area contributed by atoms with Gasteiger partial charge in [0.05, 0.1) is 10.2 Å². The van der Waals surface area contributed by atoms with Gasteiger partial charge >= 0.3 is 0 Å². The SMILES string of the molecule is CN(C)CCCN(C(=O)C=Cc1cccs1)c1nc2ccc(Br)cc2s1. The molecule has 136 valence electrons. The molecule has 0 spiro atoms. The first-order valence-corrected chi connectivity index (χ1v) is 10.8. The average molecular weight is 450 g/mol. The zero-order chi connectivity index (χ0) is 18.5. The maximum absolute atomic E-state index is 12.8. The molecule has 0 bridgehead atoms. The van der Waals surface area contributed by atoms with Crippen molar-refractivity contribution >= 4 is 65.9 Å². The molecule has 0 fully saturated rings. The maximum atomic E-state index is 12.8. The van der Waals surface area contributed by atoms with Gasteiger partial charge in [0.2, 0.25) is 0 Å². The van der Waals surface area contributed by atoms with Gasteiger partial charge in [0.15, 0.2) is 5.13 Å². The Morgan fingerprint density at radius 3 is 2.85 bits per heavy atom. The predicted molar refractivity (Wildman–Crippen MR) is 116 cm³/mol. The van der Waals surface area contributed by atoms with Gasteiger partial charge in [0.1, 0.15) is 0 Å². The van der Waals surface area contributed by atoms with E-state index >= 15 is 0 Å². The van der Waals surface area contributed by atoms with E-state index in [9.17, 15) is 4.79 Å². The van der Waals surface area contributed by atoms with Crippen LogP contribution in [0, 0.1) is 0 Å². The molecule has 0 N–H and O–H groups in total. The van der Waals surface area contributed by atoms with Gasteiger partial charge < -0.3 is 4.90 Å².